The summed E-state index contributed by atoms with van der Waals surface area (Å²) in [6, 6.07) is 18.1. The molecule has 0 unspecified atom stereocenters. The molecule has 0 atom stereocenters. The maximum absolute atomic E-state index is 11.5. The Balaban J connectivity index is 1.47. The van der Waals surface area contributed by atoms with Crippen molar-refractivity contribution in [3.05, 3.63) is 72.1 Å². The quantitative estimate of drug-likeness (QED) is 0.538. The molecule has 1 heterocycles. The summed E-state index contributed by atoms with van der Waals surface area (Å²) in [6.07, 6.45) is 10.7. The molecule has 4 saturated carbocycles. The van der Waals surface area contributed by atoms with Crippen molar-refractivity contribution in [1.29, 1.82) is 0 Å². The Kier molecular flexibility index (Phi) is 3.96. The minimum Gasteiger partial charge on any atom is -0.508 e. The van der Waals surface area contributed by atoms with E-state index in [0.717, 1.165) is 46.4 Å². The maximum Gasteiger partial charge on any atom is 0.166 e. The van der Waals surface area contributed by atoms with Gasteiger partial charge in [-0.2, -0.15) is 0 Å². The summed E-state index contributed by atoms with van der Waals surface area (Å²) in [5.74, 6) is 2.96. The van der Waals surface area contributed by atoms with Crippen LogP contribution in [0.3, 0.4) is 0 Å². The number of benzene rings is 2. The molecule has 3 nitrogen and oxygen atoms in total. The number of para-hydroxylation sites is 1. The minimum atomic E-state index is 0.144. The van der Waals surface area contributed by atoms with Crippen LogP contribution < -0.4 is 0 Å². The molecule has 1 aromatic heterocycles. The van der Waals surface area contributed by atoms with Gasteiger partial charge in [0.2, 0.25) is 0 Å². The standard InChI is InChI=1S/C27H27NO2/c29-17-22-4-3-9-28(22)25-6-2-1-5-23(25)21-7-8-26(30)24(13-21)27-14-18-10-19(15-27)12-20(11-18)16-27/h1-9,13,17-20,30H,10-12,14-16H2. The molecule has 30 heavy (non-hydrogen) atoms. The highest BCUT2D eigenvalue weighted by Gasteiger charge is 2.52. The largest absolute Gasteiger partial charge is 0.508 e. The van der Waals surface area contributed by atoms with Crippen LogP contribution in [0.15, 0.2) is 60.8 Å². The zero-order valence-corrected chi connectivity index (χ0v) is 17.1. The van der Waals surface area contributed by atoms with Crippen LogP contribution in [0.1, 0.15) is 54.6 Å². The molecule has 0 aliphatic heterocycles. The van der Waals surface area contributed by atoms with Gasteiger partial charge < -0.3 is 9.67 Å². The molecule has 0 amide bonds. The molecule has 3 aromatic rings. The average molecular weight is 398 g/mol. The van der Waals surface area contributed by atoms with Crippen molar-refractivity contribution in [1.82, 2.24) is 4.57 Å². The van der Waals surface area contributed by atoms with Crippen molar-refractivity contribution < 1.29 is 9.90 Å². The fraction of sp³-hybridized carbons (Fsp3) is 0.370. The lowest BCUT2D eigenvalue weighted by molar-refractivity contribution is -0.00611. The second kappa shape index (κ2) is 6.60. The first kappa shape index (κ1) is 18.0. The first-order valence-corrected chi connectivity index (χ1v) is 11.2. The molecular weight excluding hydrogens is 370 g/mol. The highest BCUT2D eigenvalue weighted by atomic mass is 16.3. The van der Waals surface area contributed by atoms with E-state index in [4.69, 9.17) is 0 Å². The van der Waals surface area contributed by atoms with E-state index in [1.807, 2.05) is 47.2 Å². The molecular formula is C27H27NO2. The molecule has 0 saturated heterocycles. The van der Waals surface area contributed by atoms with E-state index in [-0.39, 0.29) is 5.41 Å². The van der Waals surface area contributed by atoms with Gasteiger partial charge in [-0.1, -0.05) is 24.3 Å². The van der Waals surface area contributed by atoms with Crippen molar-refractivity contribution >= 4 is 6.29 Å². The predicted octanol–water partition coefficient (Wildman–Crippen LogP) is 6.13. The fourth-order valence-electron chi connectivity index (χ4n) is 7.21. The van der Waals surface area contributed by atoms with E-state index in [9.17, 15) is 9.90 Å². The number of rotatable bonds is 4. The number of aldehydes is 1. The molecule has 0 spiro atoms. The van der Waals surface area contributed by atoms with Crippen LogP contribution >= 0.6 is 0 Å². The van der Waals surface area contributed by atoms with Gasteiger partial charge in [-0.25, -0.2) is 0 Å². The van der Waals surface area contributed by atoms with Gasteiger partial charge in [0, 0.05) is 17.3 Å². The normalized spacial score (nSPS) is 29.3. The molecule has 4 bridgehead atoms. The first-order valence-electron chi connectivity index (χ1n) is 11.2. The van der Waals surface area contributed by atoms with Gasteiger partial charge in [0.15, 0.2) is 6.29 Å². The number of carbonyl (C=O) groups is 1. The van der Waals surface area contributed by atoms with Crippen molar-refractivity contribution in [3.63, 3.8) is 0 Å². The molecule has 4 fully saturated rings. The van der Waals surface area contributed by atoms with E-state index in [1.165, 1.54) is 38.5 Å². The number of phenols is 1. The Morgan fingerprint density at radius 3 is 2.30 bits per heavy atom. The van der Waals surface area contributed by atoms with Crippen LogP contribution in [-0.4, -0.2) is 16.0 Å². The third-order valence-corrected chi connectivity index (χ3v) is 7.98. The lowest BCUT2D eigenvalue weighted by Gasteiger charge is -2.57. The van der Waals surface area contributed by atoms with Crippen LogP contribution in [0.4, 0.5) is 0 Å². The molecule has 4 aliphatic carbocycles. The number of aromatic hydroxyl groups is 1. The van der Waals surface area contributed by atoms with Gasteiger partial charge in [0.1, 0.15) is 5.75 Å². The summed E-state index contributed by atoms with van der Waals surface area (Å²) in [5.41, 5.74) is 5.12. The predicted molar refractivity (Wildman–Crippen MR) is 118 cm³/mol. The molecule has 4 aliphatic rings. The van der Waals surface area contributed by atoms with Gasteiger partial charge >= 0.3 is 0 Å². The zero-order chi connectivity index (χ0) is 20.3. The molecule has 0 radical (unpaired) electrons. The highest BCUT2D eigenvalue weighted by Crippen LogP contribution is 2.62. The van der Waals surface area contributed by atoms with Crippen molar-refractivity contribution in [3.8, 4) is 22.6 Å². The maximum atomic E-state index is 11.5. The topological polar surface area (TPSA) is 42.2 Å². The second-order valence-electron chi connectivity index (χ2n) is 9.87. The number of carbonyl (C=O) groups excluding carboxylic acids is 1. The number of phenolic OH excluding ortho intramolecular Hbond substituents is 1. The van der Waals surface area contributed by atoms with Gasteiger partial charge in [0.25, 0.3) is 0 Å². The average Bonchev–Trinajstić information content (AvgIpc) is 3.22. The SMILES string of the molecule is O=Cc1cccn1-c1ccccc1-c1ccc(O)c(C23CC4CC(CC(C4)C2)C3)c1. The zero-order valence-electron chi connectivity index (χ0n) is 17.1. The fourth-order valence-corrected chi connectivity index (χ4v) is 7.21. The number of hydrogen-bond donors (Lipinski definition) is 1. The molecule has 7 rings (SSSR count). The number of aromatic nitrogens is 1. The molecule has 152 valence electrons. The summed E-state index contributed by atoms with van der Waals surface area (Å²) >= 11 is 0. The Morgan fingerprint density at radius 2 is 1.60 bits per heavy atom. The van der Waals surface area contributed by atoms with Crippen molar-refractivity contribution in [2.24, 2.45) is 17.8 Å². The number of hydrogen-bond acceptors (Lipinski definition) is 2. The van der Waals surface area contributed by atoms with Crippen LogP contribution in [0.25, 0.3) is 16.8 Å². The monoisotopic (exact) mass is 397 g/mol. The van der Waals surface area contributed by atoms with Gasteiger partial charge in [-0.15, -0.1) is 0 Å². The summed E-state index contributed by atoms with van der Waals surface area (Å²) in [6.45, 7) is 0. The second-order valence-corrected chi connectivity index (χ2v) is 9.87. The van der Waals surface area contributed by atoms with Gasteiger partial charge in [-0.3, -0.25) is 4.79 Å². The third kappa shape index (κ3) is 2.68. The lowest BCUT2D eigenvalue weighted by Crippen LogP contribution is -2.48. The van der Waals surface area contributed by atoms with E-state index in [2.05, 4.69) is 18.2 Å². The van der Waals surface area contributed by atoms with Gasteiger partial charge in [0.05, 0.1) is 11.4 Å². The van der Waals surface area contributed by atoms with Crippen molar-refractivity contribution in [2.75, 3.05) is 0 Å². The van der Waals surface area contributed by atoms with Crippen LogP contribution in [-0.2, 0) is 5.41 Å². The van der Waals surface area contributed by atoms with E-state index in [0.29, 0.717) is 11.4 Å². The van der Waals surface area contributed by atoms with E-state index in [1.54, 1.807) is 0 Å². The number of nitrogens with zero attached hydrogens (tertiary/aromatic N) is 1. The highest BCUT2D eigenvalue weighted by molar-refractivity contribution is 5.79. The Morgan fingerprint density at radius 1 is 0.900 bits per heavy atom. The summed E-state index contributed by atoms with van der Waals surface area (Å²) < 4.78 is 1.94. The minimum absolute atomic E-state index is 0.144. The Labute approximate surface area is 177 Å². The van der Waals surface area contributed by atoms with Crippen molar-refractivity contribution in [2.45, 2.75) is 43.9 Å². The lowest BCUT2D eigenvalue weighted by atomic mass is 9.48. The summed E-state index contributed by atoms with van der Waals surface area (Å²) in [5, 5.41) is 10.9. The first-order chi connectivity index (χ1) is 14.6. The summed E-state index contributed by atoms with van der Waals surface area (Å²) in [4.78, 5) is 11.5. The van der Waals surface area contributed by atoms with Crippen LogP contribution in [0.5, 0.6) is 5.75 Å². The Bertz CT molecular complexity index is 1090. The van der Waals surface area contributed by atoms with Gasteiger partial charge in [-0.05, 0) is 97.6 Å². The Hall–Kier alpha value is -2.81. The van der Waals surface area contributed by atoms with Crippen LogP contribution in [0.2, 0.25) is 0 Å². The van der Waals surface area contributed by atoms with Crippen LogP contribution in [0, 0.1) is 17.8 Å². The smallest absolute Gasteiger partial charge is 0.166 e. The van der Waals surface area contributed by atoms with E-state index >= 15 is 0 Å². The van der Waals surface area contributed by atoms with E-state index < -0.39 is 0 Å². The molecule has 3 heteroatoms. The third-order valence-electron chi connectivity index (χ3n) is 7.98. The summed E-state index contributed by atoms with van der Waals surface area (Å²) in [7, 11) is 0. The molecule has 2 aromatic carbocycles. The molecule has 1 N–H and O–H groups in total.